The van der Waals surface area contributed by atoms with Crippen molar-refractivity contribution in [2.75, 3.05) is 20.1 Å². The highest BCUT2D eigenvalue weighted by Crippen LogP contribution is 2.32. The Morgan fingerprint density at radius 1 is 1.41 bits per heavy atom. The summed E-state index contributed by atoms with van der Waals surface area (Å²) in [5.41, 5.74) is 1.10. The molecule has 2 saturated heterocycles. The van der Waals surface area contributed by atoms with Crippen LogP contribution in [0.1, 0.15) is 12.5 Å². The fourth-order valence-corrected chi connectivity index (χ4v) is 4.34. The van der Waals surface area contributed by atoms with Gasteiger partial charge in [-0.25, -0.2) is 14.1 Å². The summed E-state index contributed by atoms with van der Waals surface area (Å²) >= 11 is 6.20. The van der Waals surface area contributed by atoms with Crippen molar-refractivity contribution in [1.82, 2.24) is 25.0 Å². The number of nitrogens with zero attached hydrogens (tertiary/aromatic N) is 5. The van der Waals surface area contributed by atoms with Crippen LogP contribution in [0.25, 0.3) is 0 Å². The van der Waals surface area contributed by atoms with Gasteiger partial charge in [0.1, 0.15) is 18.0 Å². The number of hydrazone groups is 1. The van der Waals surface area contributed by atoms with Gasteiger partial charge in [0.15, 0.2) is 6.29 Å². The van der Waals surface area contributed by atoms with E-state index in [1.165, 1.54) is 21.9 Å². The summed E-state index contributed by atoms with van der Waals surface area (Å²) in [6.45, 7) is 6.21. The van der Waals surface area contributed by atoms with E-state index in [-0.39, 0.29) is 25.0 Å². The molecule has 1 aromatic carbocycles. The van der Waals surface area contributed by atoms with E-state index in [0.29, 0.717) is 17.1 Å². The molecule has 0 aliphatic carbocycles. The second kappa shape index (κ2) is 7.40. The number of imide groups is 1. The molecule has 3 unspecified atom stereocenters. The van der Waals surface area contributed by atoms with Gasteiger partial charge in [-0.05, 0) is 19.1 Å². The van der Waals surface area contributed by atoms with Crippen LogP contribution in [-0.4, -0.2) is 76.0 Å². The van der Waals surface area contributed by atoms with Crippen LogP contribution in [0.4, 0.5) is 9.18 Å². The molecule has 0 aromatic heterocycles. The predicted octanol–water partition coefficient (Wildman–Crippen LogP) is 1.63. The molecule has 0 radical (unpaired) electrons. The Hall–Kier alpha value is -2.49. The van der Waals surface area contributed by atoms with Crippen LogP contribution in [0.15, 0.2) is 36.0 Å². The molecule has 3 heterocycles. The van der Waals surface area contributed by atoms with Gasteiger partial charge in [-0.2, -0.15) is 5.10 Å². The van der Waals surface area contributed by atoms with E-state index in [4.69, 9.17) is 11.6 Å². The third-order valence-corrected chi connectivity index (χ3v) is 5.80. The van der Waals surface area contributed by atoms with Gasteiger partial charge >= 0.3 is 6.03 Å². The smallest absolute Gasteiger partial charge is 0.310 e. The molecule has 154 valence electrons. The highest BCUT2D eigenvalue weighted by molar-refractivity contribution is 6.31. The second-order valence-electron chi connectivity index (χ2n) is 7.37. The minimum Gasteiger partial charge on any atom is -0.310 e. The van der Waals surface area contributed by atoms with Crippen LogP contribution in [0.2, 0.25) is 5.02 Å². The topological polar surface area (TPSA) is 71.5 Å². The highest BCUT2D eigenvalue weighted by atomic mass is 35.5. The molecule has 0 bridgehead atoms. The first kappa shape index (κ1) is 19.8. The molecule has 29 heavy (non-hydrogen) atoms. The average molecular weight is 421 g/mol. The van der Waals surface area contributed by atoms with E-state index in [1.807, 2.05) is 11.8 Å². The molecule has 2 fully saturated rings. The van der Waals surface area contributed by atoms with E-state index < -0.39 is 24.3 Å². The van der Waals surface area contributed by atoms with Crippen LogP contribution in [-0.2, 0) is 11.3 Å². The predicted molar refractivity (Wildman–Crippen MR) is 106 cm³/mol. The molecule has 1 N–H and O–H groups in total. The second-order valence-corrected chi connectivity index (χ2v) is 7.77. The van der Waals surface area contributed by atoms with Crippen LogP contribution < -0.4 is 5.32 Å². The maximum Gasteiger partial charge on any atom is 0.328 e. The number of likely N-dealkylation sites (N-methyl/N-ethyl adjacent to an activating group) is 1. The Balaban J connectivity index is 1.67. The molecular formula is C19H22ClFN6O2. The molecule has 3 aliphatic rings. The van der Waals surface area contributed by atoms with E-state index >= 15 is 0 Å². The first-order chi connectivity index (χ1) is 13.8. The van der Waals surface area contributed by atoms with Crippen molar-refractivity contribution in [3.63, 3.8) is 0 Å². The van der Waals surface area contributed by atoms with Crippen LogP contribution in [0.3, 0.4) is 0 Å². The quantitative estimate of drug-likeness (QED) is 0.750. The van der Waals surface area contributed by atoms with E-state index in [9.17, 15) is 14.0 Å². The third-order valence-electron chi connectivity index (χ3n) is 5.45. The molecule has 3 atom stereocenters. The van der Waals surface area contributed by atoms with Crippen molar-refractivity contribution >= 4 is 29.3 Å². The van der Waals surface area contributed by atoms with Crippen molar-refractivity contribution in [2.45, 2.75) is 32.0 Å². The number of carbonyl (C=O) groups excluding carboxylic acids is 2. The van der Waals surface area contributed by atoms with Gasteiger partial charge in [0.25, 0.3) is 5.91 Å². The number of urea groups is 1. The lowest BCUT2D eigenvalue weighted by Crippen LogP contribution is -2.66. The fraction of sp³-hybridized carbons (Fsp3) is 0.421. The number of benzene rings is 1. The largest absolute Gasteiger partial charge is 0.328 e. The summed E-state index contributed by atoms with van der Waals surface area (Å²) in [5.74, 6) is -0.704. The van der Waals surface area contributed by atoms with Gasteiger partial charge in [-0.1, -0.05) is 23.7 Å². The number of hydrogen-bond donors (Lipinski definition) is 1. The number of fused-ring (bicyclic) bond motifs is 3. The zero-order valence-electron chi connectivity index (χ0n) is 16.2. The van der Waals surface area contributed by atoms with Gasteiger partial charge in [0, 0.05) is 36.4 Å². The summed E-state index contributed by atoms with van der Waals surface area (Å²) < 4.78 is 14.3. The molecule has 4 rings (SSSR count). The normalized spacial score (nSPS) is 27.1. The number of hydrogen-bond acceptors (Lipinski definition) is 6. The van der Waals surface area contributed by atoms with Crippen molar-refractivity contribution in [2.24, 2.45) is 5.10 Å². The zero-order valence-corrected chi connectivity index (χ0v) is 16.9. The van der Waals surface area contributed by atoms with Crippen molar-refractivity contribution in [3.05, 3.63) is 47.3 Å². The van der Waals surface area contributed by atoms with Gasteiger partial charge in [-0.3, -0.25) is 20.0 Å². The van der Waals surface area contributed by atoms with Crippen molar-refractivity contribution < 1.29 is 14.0 Å². The summed E-state index contributed by atoms with van der Waals surface area (Å²) in [7, 11) is 1.65. The standard InChI is InChI=1S/C19H22ClFN6O2/c1-4-8-25-17(28)15-16(24(3)19(25)29)22-18-26(15)9-11(2)23-27(18)10-12-13(20)6-5-7-14(12)21/h4-7,15-16,18,22H,1,8-10H2,2-3H3. The first-order valence-electron chi connectivity index (χ1n) is 9.28. The number of halogens is 2. The zero-order chi connectivity index (χ0) is 20.9. The number of carbonyl (C=O) groups is 2. The van der Waals surface area contributed by atoms with Gasteiger partial charge < -0.3 is 4.90 Å². The molecule has 3 amide bonds. The summed E-state index contributed by atoms with van der Waals surface area (Å²) in [4.78, 5) is 30.4. The molecule has 1 aromatic rings. The van der Waals surface area contributed by atoms with E-state index in [2.05, 4.69) is 17.0 Å². The molecule has 8 nitrogen and oxygen atoms in total. The fourth-order valence-electron chi connectivity index (χ4n) is 4.11. The van der Waals surface area contributed by atoms with Crippen molar-refractivity contribution in [1.29, 1.82) is 0 Å². The van der Waals surface area contributed by atoms with Crippen LogP contribution in [0.5, 0.6) is 0 Å². The van der Waals surface area contributed by atoms with Gasteiger partial charge in [0.05, 0.1) is 6.54 Å². The van der Waals surface area contributed by atoms with Crippen LogP contribution in [0, 0.1) is 5.82 Å². The number of amides is 3. The lowest BCUT2D eigenvalue weighted by atomic mass is 10.1. The lowest BCUT2D eigenvalue weighted by Gasteiger charge is -2.42. The Labute approximate surface area is 173 Å². The molecule has 10 heteroatoms. The SMILES string of the molecule is C=CCN1C(=O)C2C(NC3N(Cc4c(F)cccc4Cl)N=C(C)CN23)N(C)C1=O. The minimum absolute atomic E-state index is 0.124. The van der Waals surface area contributed by atoms with Crippen molar-refractivity contribution in [3.8, 4) is 0 Å². The monoisotopic (exact) mass is 420 g/mol. The minimum atomic E-state index is -0.577. The molecule has 0 saturated carbocycles. The molecule has 3 aliphatic heterocycles. The van der Waals surface area contributed by atoms with E-state index in [0.717, 1.165) is 5.71 Å². The highest BCUT2D eigenvalue weighted by Gasteiger charge is 2.56. The lowest BCUT2D eigenvalue weighted by molar-refractivity contribution is -0.138. The third kappa shape index (κ3) is 3.19. The summed E-state index contributed by atoms with van der Waals surface area (Å²) in [5, 5.41) is 9.85. The number of rotatable bonds is 4. The Morgan fingerprint density at radius 3 is 2.86 bits per heavy atom. The Morgan fingerprint density at radius 2 is 2.17 bits per heavy atom. The first-order valence-corrected chi connectivity index (χ1v) is 9.65. The summed E-state index contributed by atoms with van der Waals surface area (Å²) in [6.07, 6.45) is 0.534. The van der Waals surface area contributed by atoms with Crippen LogP contribution >= 0.6 is 11.6 Å². The summed E-state index contributed by atoms with van der Waals surface area (Å²) in [6, 6.07) is 3.57. The maximum atomic E-state index is 14.3. The Bertz CT molecular complexity index is 888. The van der Waals surface area contributed by atoms with E-state index in [1.54, 1.807) is 24.2 Å². The van der Waals surface area contributed by atoms with Gasteiger partial charge in [-0.15, -0.1) is 6.58 Å². The molecular weight excluding hydrogens is 399 g/mol. The maximum absolute atomic E-state index is 14.3. The molecule has 0 spiro atoms. The Kier molecular flexibility index (Phi) is 5.05. The average Bonchev–Trinajstić information content (AvgIpc) is 3.06. The van der Waals surface area contributed by atoms with Gasteiger partial charge in [0.2, 0.25) is 0 Å². The number of nitrogens with one attached hydrogen (secondary N) is 1.